The van der Waals surface area contributed by atoms with E-state index in [2.05, 4.69) is 0 Å². The Balaban J connectivity index is 1.64. The third kappa shape index (κ3) is 2.70. The molecule has 2 fully saturated rings. The molecule has 108 valence electrons. The van der Waals surface area contributed by atoms with Crippen molar-refractivity contribution in [2.75, 3.05) is 19.7 Å². The maximum atomic E-state index is 12.5. The Labute approximate surface area is 118 Å². The first-order chi connectivity index (χ1) is 9.78. The van der Waals surface area contributed by atoms with Crippen LogP contribution in [0.1, 0.15) is 18.4 Å². The van der Waals surface area contributed by atoms with E-state index in [0.29, 0.717) is 25.9 Å². The standard InChI is InChI=1S/C15H20N2O3/c18-9-6-13-10-14-15(19)16(7-8-17(14)20-13)11-12-4-2-1-3-5-12/h1-5,13-14,18H,6-11H2/t13-,14-/m0/s1. The van der Waals surface area contributed by atoms with Gasteiger partial charge in [-0.05, 0) is 12.0 Å². The number of aliphatic hydroxyl groups excluding tert-OH is 1. The SMILES string of the molecule is O=C1[C@@H]2C[C@H](CCO)ON2CCN1Cc1ccccc1. The summed E-state index contributed by atoms with van der Waals surface area (Å²) < 4.78 is 0. The van der Waals surface area contributed by atoms with Gasteiger partial charge in [-0.15, -0.1) is 0 Å². The van der Waals surface area contributed by atoms with Crippen LogP contribution in [0.4, 0.5) is 0 Å². The van der Waals surface area contributed by atoms with Crippen molar-refractivity contribution in [3.63, 3.8) is 0 Å². The Hall–Kier alpha value is -1.43. The molecule has 2 atom stereocenters. The van der Waals surface area contributed by atoms with Gasteiger partial charge in [-0.1, -0.05) is 30.3 Å². The molecule has 2 aliphatic heterocycles. The quantitative estimate of drug-likeness (QED) is 0.883. The molecular formula is C15H20N2O3. The fourth-order valence-electron chi connectivity index (χ4n) is 2.92. The Kier molecular flexibility index (Phi) is 4.00. The normalized spacial score (nSPS) is 26.9. The Morgan fingerprint density at radius 1 is 1.25 bits per heavy atom. The molecule has 2 aliphatic rings. The van der Waals surface area contributed by atoms with Gasteiger partial charge in [0.15, 0.2) is 0 Å². The summed E-state index contributed by atoms with van der Waals surface area (Å²) in [6.45, 7) is 2.20. The Morgan fingerprint density at radius 3 is 2.80 bits per heavy atom. The number of rotatable bonds is 4. The van der Waals surface area contributed by atoms with Crippen molar-refractivity contribution in [2.24, 2.45) is 0 Å². The predicted molar refractivity (Wildman–Crippen MR) is 73.5 cm³/mol. The van der Waals surface area contributed by atoms with Crippen LogP contribution in [0.3, 0.4) is 0 Å². The van der Waals surface area contributed by atoms with Crippen molar-refractivity contribution in [1.29, 1.82) is 0 Å². The summed E-state index contributed by atoms with van der Waals surface area (Å²) in [5, 5.41) is 10.8. The lowest BCUT2D eigenvalue weighted by atomic mass is 10.0. The monoisotopic (exact) mass is 276 g/mol. The topological polar surface area (TPSA) is 53.0 Å². The molecule has 5 nitrogen and oxygen atoms in total. The van der Waals surface area contributed by atoms with E-state index in [0.717, 1.165) is 12.1 Å². The van der Waals surface area contributed by atoms with E-state index in [1.165, 1.54) is 0 Å². The van der Waals surface area contributed by atoms with Gasteiger partial charge in [-0.3, -0.25) is 9.63 Å². The van der Waals surface area contributed by atoms with Crippen LogP contribution in [0.5, 0.6) is 0 Å². The zero-order valence-corrected chi connectivity index (χ0v) is 11.4. The molecule has 5 heteroatoms. The van der Waals surface area contributed by atoms with Crippen LogP contribution in [0.15, 0.2) is 30.3 Å². The summed E-state index contributed by atoms with van der Waals surface area (Å²) in [5.41, 5.74) is 1.15. The number of piperazine rings is 1. The minimum absolute atomic E-state index is 0.0226. The number of nitrogens with zero attached hydrogens (tertiary/aromatic N) is 2. The van der Waals surface area contributed by atoms with Gasteiger partial charge in [0.1, 0.15) is 6.04 Å². The van der Waals surface area contributed by atoms with Gasteiger partial charge in [0.25, 0.3) is 0 Å². The number of fused-ring (bicyclic) bond motifs is 1. The highest BCUT2D eigenvalue weighted by atomic mass is 16.7. The molecule has 1 amide bonds. The van der Waals surface area contributed by atoms with Crippen molar-refractivity contribution in [3.05, 3.63) is 35.9 Å². The van der Waals surface area contributed by atoms with Crippen LogP contribution in [-0.4, -0.2) is 52.8 Å². The van der Waals surface area contributed by atoms with Crippen molar-refractivity contribution in [1.82, 2.24) is 9.96 Å². The third-order valence-electron chi connectivity index (χ3n) is 3.97. The molecule has 0 saturated carbocycles. The first-order valence-corrected chi connectivity index (χ1v) is 7.15. The van der Waals surface area contributed by atoms with E-state index in [1.54, 1.807) is 5.06 Å². The summed E-state index contributed by atoms with van der Waals surface area (Å²) in [7, 11) is 0. The van der Waals surface area contributed by atoms with Gasteiger partial charge in [0.2, 0.25) is 5.91 Å². The Morgan fingerprint density at radius 2 is 2.05 bits per heavy atom. The summed E-state index contributed by atoms with van der Waals surface area (Å²) in [6.07, 6.45) is 1.26. The van der Waals surface area contributed by atoms with Crippen LogP contribution >= 0.6 is 0 Å². The summed E-state index contributed by atoms with van der Waals surface area (Å²) in [5.74, 6) is 0.139. The summed E-state index contributed by atoms with van der Waals surface area (Å²) >= 11 is 0. The summed E-state index contributed by atoms with van der Waals surface area (Å²) in [6, 6.07) is 9.87. The molecule has 0 spiro atoms. The third-order valence-corrected chi connectivity index (χ3v) is 3.97. The van der Waals surface area contributed by atoms with Gasteiger partial charge < -0.3 is 10.0 Å². The van der Waals surface area contributed by atoms with E-state index in [9.17, 15) is 4.79 Å². The highest BCUT2D eigenvalue weighted by Gasteiger charge is 2.42. The molecule has 3 rings (SSSR count). The molecule has 0 radical (unpaired) electrons. The molecule has 20 heavy (non-hydrogen) atoms. The fourth-order valence-corrected chi connectivity index (χ4v) is 2.92. The molecule has 0 unspecified atom stereocenters. The molecule has 0 bridgehead atoms. The van der Waals surface area contributed by atoms with E-state index in [1.807, 2.05) is 35.2 Å². The Bertz CT molecular complexity index is 465. The molecule has 0 aliphatic carbocycles. The second-order valence-electron chi connectivity index (χ2n) is 5.38. The lowest BCUT2D eigenvalue weighted by molar-refractivity contribution is -0.190. The first kappa shape index (κ1) is 13.5. The number of hydrogen-bond acceptors (Lipinski definition) is 4. The van der Waals surface area contributed by atoms with Gasteiger partial charge in [-0.25, -0.2) is 0 Å². The highest BCUT2D eigenvalue weighted by molar-refractivity contribution is 5.82. The summed E-state index contributed by atoms with van der Waals surface area (Å²) in [4.78, 5) is 20.1. The molecule has 2 saturated heterocycles. The maximum absolute atomic E-state index is 12.5. The number of amides is 1. The van der Waals surface area contributed by atoms with Gasteiger partial charge in [0.05, 0.1) is 6.10 Å². The van der Waals surface area contributed by atoms with Gasteiger partial charge >= 0.3 is 0 Å². The first-order valence-electron chi connectivity index (χ1n) is 7.15. The molecule has 1 aromatic carbocycles. The van der Waals surface area contributed by atoms with Crippen LogP contribution in [0.2, 0.25) is 0 Å². The van der Waals surface area contributed by atoms with Crippen LogP contribution < -0.4 is 0 Å². The van der Waals surface area contributed by atoms with Crippen molar-refractivity contribution in [2.45, 2.75) is 31.5 Å². The fraction of sp³-hybridized carbons (Fsp3) is 0.533. The maximum Gasteiger partial charge on any atom is 0.242 e. The zero-order valence-electron chi connectivity index (χ0n) is 11.4. The van der Waals surface area contributed by atoms with Crippen LogP contribution in [0.25, 0.3) is 0 Å². The lowest BCUT2D eigenvalue weighted by Gasteiger charge is -2.35. The average Bonchev–Trinajstić information content (AvgIpc) is 2.87. The van der Waals surface area contributed by atoms with Crippen molar-refractivity contribution in [3.8, 4) is 0 Å². The average molecular weight is 276 g/mol. The highest BCUT2D eigenvalue weighted by Crippen LogP contribution is 2.27. The number of hydrogen-bond donors (Lipinski definition) is 1. The second kappa shape index (κ2) is 5.91. The number of hydroxylamine groups is 2. The predicted octanol–water partition coefficient (Wildman–Crippen LogP) is 0.786. The van der Waals surface area contributed by atoms with Crippen molar-refractivity contribution < 1.29 is 14.7 Å². The van der Waals surface area contributed by atoms with Gasteiger partial charge in [0, 0.05) is 32.7 Å². The minimum atomic E-state index is -0.177. The largest absolute Gasteiger partial charge is 0.396 e. The van der Waals surface area contributed by atoms with E-state index < -0.39 is 0 Å². The zero-order chi connectivity index (χ0) is 13.9. The number of carbonyl (C=O) groups is 1. The molecular weight excluding hydrogens is 256 g/mol. The number of benzene rings is 1. The molecule has 2 heterocycles. The van der Waals surface area contributed by atoms with E-state index in [4.69, 9.17) is 9.94 Å². The van der Waals surface area contributed by atoms with Crippen LogP contribution in [0, 0.1) is 0 Å². The number of aliphatic hydroxyl groups is 1. The second-order valence-corrected chi connectivity index (χ2v) is 5.38. The molecule has 0 aromatic heterocycles. The van der Waals surface area contributed by atoms with Crippen molar-refractivity contribution >= 4 is 5.91 Å². The lowest BCUT2D eigenvalue weighted by Crippen LogP contribution is -2.53. The van der Waals surface area contributed by atoms with Crippen LogP contribution in [-0.2, 0) is 16.2 Å². The van der Waals surface area contributed by atoms with Gasteiger partial charge in [-0.2, -0.15) is 5.06 Å². The molecule has 1 N–H and O–H groups in total. The number of carbonyl (C=O) groups excluding carboxylic acids is 1. The smallest absolute Gasteiger partial charge is 0.242 e. The minimum Gasteiger partial charge on any atom is -0.396 e. The molecule has 1 aromatic rings. The van der Waals surface area contributed by atoms with E-state index in [-0.39, 0.29) is 24.7 Å². The van der Waals surface area contributed by atoms with E-state index >= 15 is 0 Å².